The molecule has 158 valence electrons. The molecular weight excluding hydrogens is 372 g/mol. The molecule has 1 heterocycles. The van der Waals surface area contributed by atoms with Crippen molar-refractivity contribution in [1.82, 2.24) is 4.90 Å². The van der Waals surface area contributed by atoms with Crippen molar-refractivity contribution in [1.29, 1.82) is 0 Å². The molecule has 1 saturated heterocycles. The number of amides is 2. The number of nitrogens with one attached hydrogen (secondary N) is 1. The number of likely N-dealkylation sites (tertiary alicyclic amines) is 1. The fraction of sp³-hybridized carbons (Fsp3) is 0.462. The van der Waals surface area contributed by atoms with Gasteiger partial charge in [-0.2, -0.15) is 0 Å². The predicted molar refractivity (Wildman–Crippen MR) is 121 cm³/mol. The standard InChI is InChI=1S/C26H32N2O2/c1-18-21(23(29)28-16-5-6-17-28)8-7-9-22(18)27-24(30)26(14-15-26)20-12-10-19(11-13-20)25(2,3)4/h7-13H,5-6,14-17H2,1-4H3,(H,27,30). The molecule has 1 saturated carbocycles. The van der Waals surface area contributed by atoms with Crippen LogP contribution in [0.25, 0.3) is 0 Å². The van der Waals surface area contributed by atoms with Gasteiger partial charge in [-0.25, -0.2) is 0 Å². The molecule has 2 fully saturated rings. The highest BCUT2D eigenvalue weighted by Gasteiger charge is 2.51. The summed E-state index contributed by atoms with van der Waals surface area (Å²) in [4.78, 5) is 28.0. The molecule has 2 aliphatic rings. The lowest BCUT2D eigenvalue weighted by Crippen LogP contribution is -2.30. The van der Waals surface area contributed by atoms with E-state index in [0.29, 0.717) is 5.56 Å². The molecular formula is C26H32N2O2. The van der Waals surface area contributed by atoms with Gasteiger partial charge < -0.3 is 10.2 Å². The monoisotopic (exact) mass is 404 g/mol. The van der Waals surface area contributed by atoms with Crippen molar-refractivity contribution in [3.05, 3.63) is 64.7 Å². The maximum absolute atomic E-state index is 13.3. The van der Waals surface area contributed by atoms with E-state index < -0.39 is 5.41 Å². The highest BCUT2D eigenvalue weighted by Crippen LogP contribution is 2.49. The quantitative estimate of drug-likeness (QED) is 0.761. The number of hydrogen-bond donors (Lipinski definition) is 1. The molecule has 4 rings (SSSR count). The second-order valence-corrected chi connectivity index (χ2v) is 9.84. The summed E-state index contributed by atoms with van der Waals surface area (Å²) in [5.74, 6) is 0.0971. The van der Waals surface area contributed by atoms with E-state index >= 15 is 0 Å². The Labute approximate surface area is 179 Å². The van der Waals surface area contributed by atoms with Crippen molar-refractivity contribution in [3.63, 3.8) is 0 Å². The second kappa shape index (κ2) is 7.57. The molecule has 2 aromatic rings. The zero-order chi connectivity index (χ0) is 21.5. The summed E-state index contributed by atoms with van der Waals surface area (Å²) in [5, 5.41) is 3.13. The van der Waals surface area contributed by atoms with Crippen LogP contribution in [0.3, 0.4) is 0 Å². The van der Waals surface area contributed by atoms with E-state index in [1.54, 1.807) is 0 Å². The van der Waals surface area contributed by atoms with Gasteiger partial charge in [0, 0.05) is 24.3 Å². The summed E-state index contributed by atoms with van der Waals surface area (Å²) in [5.41, 5.74) is 4.27. The minimum absolute atomic E-state index is 0.0277. The summed E-state index contributed by atoms with van der Waals surface area (Å²) in [7, 11) is 0. The van der Waals surface area contributed by atoms with Gasteiger partial charge in [-0.1, -0.05) is 51.1 Å². The predicted octanol–water partition coefficient (Wildman–Crippen LogP) is 5.20. The normalized spacial score (nSPS) is 17.7. The lowest BCUT2D eigenvalue weighted by molar-refractivity contribution is -0.118. The van der Waals surface area contributed by atoms with Crippen LogP contribution in [-0.2, 0) is 15.6 Å². The van der Waals surface area contributed by atoms with Crippen molar-refractivity contribution in [2.24, 2.45) is 0 Å². The summed E-state index contributed by atoms with van der Waals surface area (Å²) in [6, 6.07) is 14.1. The summed E-state index contributed by atoms with van der Waals surface area (Å²) < 4.78 is 0. The van der Waals surface area contributed by atoms with Crippen LogP contribution in [0.15, 0.2) is 42.5 Å². The Balaban J connectivity index is 1.54. The van der Waals surface area contributed by atoms with Gasteiger partial charge in [0.15, 0.2) is 0 Å². The molecule has 0 radical (unpaired) electrons. The van der Waals surface area contributed by atoms with Crippen molar-refractivity contribution < 1.29 is 9.59 Å². The number of hydrogen-bond acceptors (Lipinski definition) is 2. The largest absolute Gasteiger partial charge is 0.339 e. The Morgan fingerprint density at radius 2 is 1.60 bits per heavy atom. The van der Waals surface area contributed by atoms with Crippen LogP contribution in [0.4, 0.5) is 5.69 Å². The third-order valence-corrected chi connectivity index (χ3v) is 6.69. The van der Waals surface area contributed by atoms with Crippen molar-refractivity contribution in [3.8, 4) is 0 Å². The molecule has 1 aliphatic carbocycles. The van der Waals surface area contributed by atoms with Crippen molar-refractivity contribution in [2.75, 3.05) is 18.4 Å². The molecule has 0 atom stereocenters. The Morgan fingerprint density at radius 3 is 2.17 bits per heavy atom. The van der Waals surface area contributed by atoms with E-state index in [2.05, 4.69) is 50.4 Å². The Bertz CT molecular complexity index is 960. The first-order chi connectivity index (χ1) is 14.2. The number of nitrogens with zero attached hydrogens (tertiary/aromatic N) is 1. The first kappa shape index (κ1) is 20.6. The van der Waals surface area contributed by atoms with Crippen LogP contribution in [0.1, 0.15) is 73.5 Å². The van der Waals surface area contributed by atoms with Crippen LogP contribution in [-0.4, -0.2) is 29.8 Å². The number of carbonyl (C=O) groups is 2. The number of benzene rings is 2. The van der Waals surface area contributed by atoms with Crippen LogP contribution in [0, 0.1) is 6.92 Å². The van der Waals surface area contributed by atoms with Crippen molar-refractivity contribution in [2.45, 2.75) is 64.2 Å². The van der Waals surface area contributed by atoms with E-state index in [9.17, 15) is 9.59 Å². The molecule has 0 spiro atoms. The van der Waals surface area contributed by atoms with Gasteiger partial charge in [-0.15, -0.1) is 0 Å². The van der Waals surface area contributed by atoms with Gasteiger partial charge in [0.2, 0.25) is 5.91 Å². The van der Waals surface area contributed by atoms with Crippen LogP contribution >= 0.6 is 0 Å². The average Bonchev–Trinajstić information content (AvgIpc) is 3.35. The fourth-order valence-corrected chi connectivity index (χ4v) is 4.40. The van der Waals surface area contributed by atoms with Crippen molar-refractivity contribution >= 4 is 17.5 Å². The van der Waals surface area contributed by atoms with E-state index in [1.165, 1.54) is 5.56 Å². The molecule has 0 unspecified atom stereocenters. The lowest BCUT2D eigenvalue weighted by Gasteiger charge is -2.22. The second-order valence-electron chi connectivity index (χ2n) is 9.84. The molecule has 0 aromatic heterocycles. The first-order valence-corrected chi connectivity index (χ1v) is 11.0. The summed E-state index contributed by atoms with van der Waals surface area (Å²) in [6.07, 6.45) is 3.85. The molecule has 30 heavy (non-hydrogen) atoms. The van der Waals surface area contributed by atoms with E-state index in [-0.39, 0.29) is 17.2 Å². The van der Waals surface area contributed by atoms with E-state index in [1.807, 2.05) is 30.0 Å². The van der Waals surface area contributed by atoms with Gasteiger partial charge in [0.05, 0.1) is 5.41 Å². The lowest BCUT2D eigenvalue weighted by atomic mass is 9.85. The topological polar surface area (TPSA) is 49.4 Å². The fourth-order valence-electron chi connectivity index (χ4n) is 4.40. The third kappa shape index (κ3) is 3.76. The number of anilines is 1. The van der Waals surface area contributed by atoms with E-state index in [4.69, 9.17) is 0 Å². The SMILES string of the molecule is Cc1c(NC(=O)C2(c3ccc(C(C)(C)C)cc3)CC2)cccc1C(=O)N1CCCC1. The van der Waals surface area contributed by atoms with Gasteiger partial charge in [-0.05, 0) is 66.8 Å². The van der Waals surface area contributed by atoms with Crippen LogP contribution in [0.2, 0.25) is 0 Å². The summed E-state index contributed by atoms with van der Waals surface area (Å²) >= 11 is 0. The van der Waals surface area contributed by atoms with Gasteiger partial charge in [0.25, 0.3) is 5.91 Å². The maximum atomic E-state index is 13.3. The highest BCUT2D eigenvalue weighted by atomic mass is 16.2. The highest BCUT2D eigenvalue weighted by molar-refractivity contribution is 6.04. The Morgan fingerprint density at radius 1 is 0.967 bits per heavy atom. The zero-order valence-electron chi connectivity index (χ0n) is 18.5. The Kier molecular flexibility index (Phi) is 5.21. The first-order valence-electron chi connectivity index (χ1n) is 11.0. The van der Waals surface area contributed by atoms with E-state index in [0.717, 1.165) is 55.6 Å². The van der Waals surface area contributed by atoms with Gasteiger partial charge in [0.1, 0.15) is 0 Å². The molecule has 0 bridgehead atoms. The molecule has 1 aliphatic heterocycles. The molecule has 2 aromatic carbocycles. The summed E-state index contributed by atoms with van der Waals surface area (Å²) in [6.45, 7) is 10.2. The number of carbonyl (C=O) groups excluding carboxylic acids is 2. The van der Waals surface area contributed by atoms with Gasteiger partial charge >= 0.3 is 0 Å². The third-order valence-electron chi connectivity index (χ3n) is 6.69. The molecule has 2 amide bonds. The average molecular weight is 405 g/mol. The smallest absolute Gasteiger partial charge is 0.254 e. The number of rotatable bonds is 4. The Hall–Kier alpha value is -2.62. The maximum Gasteiger partial charge on any atom is 0.254 e. The molecule has 4 heteroatoms. The molecule has 4 nitrogen and oxygen atoms in total. The minimum Gasteiger partial charge on any atom is -0.339 e. The van der Waals surface area contributed by atoms with Gasteiger partial charge in [-0.3, -0.25) is 9.59 Å². The zero-order valence-corrected chi connectivity index (χ0v) is 18.5. The van der Waals surface area contributed by atoms with Crippen LogP contribution in [0.5, 0.6) is 0 Å². The molecule has 1 N–H and O–H groups in total. The van der Waals surface area contributed by atoms with Crippen LogP contribution < -0.4 is 5.32 Å². The minimum atomic E-state index is -0.447.